The topological polar surface area (TPSA) is 45.2 Å². The molecule has 0 radical (unpaired) electrons. The highest BCUT2D eigenvalue weighted by atomic mass is 16.3. The predicted molar refractivity (Wildman–Crippen MR) is 78.4 cm³/mol. The second kappa shape index (κ2) is 4.82. The molecule has 0 bridgehead atoms. The van der Waals surface area contributed by atoms with Gasteiger partial charge in [-0.25, -0.2) is 4.98 Å². The van der Waals surface area contributed by atoms with E-state index in [-0.39, 0.29) is 12.1 Å². The number of rotatable bonds is 3. The van der Waals surface area contributed by atoms with Crippen LogP contribution >= 0.6 is 0 Å². The summed E-state index contributed by atoms with van der Waals surface area (Å²) in [4.78, 5) is 4.71. The number of nitrogens with zero attached hydrogens (tertiary/aromatic N) is 1. The number of aliphatic hydroxyl groups is 1. The molecule has 1 aromatic carbocycles. The number of para-hydroxylation sites is 1. The van der Waals surface area contributed by atoms with Crippen molar-refractivity contribution in [2.24, 2.45) is 0 Å². The molecule has 1 aliphatic carbocycles. The molecule has 100 valence electrons. The van der Waals surface area contributed by atoms with Gasteiger partial charge < -0.3 is 10.4 Å². The summed E-state index contributed by atoms with van der Waals surface area (Å²) in [6, 6.07) is 10.3. The molecule has 0 atom stereocenters. The van der Waals surface area contributed by atoms with Crippen LogP contribution in [0.3, 0.4) is 0 Å². The first kappa shape index (κ1) is 12.4. The SMILES string of the molecule is Cc1cc2ccccc2nc1NC1(CO)CCCC1. The van der Waals surface area contributed by atoms with Crippen molar-refractivity contribution < 1.29 is 5.11 Å². The van der Waals surface area contributed by atoms with E-state index in [4.69, 9.17) is 4.98 Å². The molecule has 2 N–H and O–H groups in total. The van der Waals surface area contributed by atoms with Crippen LogP contribution in [0.25, 0.3) is 10.9 Å². The van der Waals surface area contributed by atoms with Gasteiger partial charge in [-0.2, -0.15) is 0 Å². The second-order valence-corrected chi connectivity index (χ2v) is 5.62. The second-order valence-electron chi connectivity index (χ2n) is 5.62. The minimum atomic E-state index is -0.166. The molecule has 0 saturated heterocycles. The van der Waals surface area contributed by atoms with Crippen LogP contribution < -0.4 is 5.32 Å². The zero-order valence-corrected chi connectivity index (χ0v) is 11.3. The van der Waals surface area contributed by atoms with Crippen LogP contribution in [-0.4, -0.2) is 22.2 Å². The average Bonchev–Trinajstić information content (AvgIpc) is 2.89. The Morgan fingerprint density at radius 3 is 2.74 bits per heavy atom. The van der Waals surface area contributed by atoms with Gasteiger partial charge in [0.25, 0.3) is 0 Å². The molecule has 3 rings (SSSR count). The van der Waals surface area contributed by atoms with E-state index in [1.165, 1.54) is 12.8 Å². The Balaban J connectivity index is 1.98. The van der Waals surface area contributed by atoms with Gasteiger partial charge in [0.05, 0.1) is 17.7 Å². The first-order valence-electron chi connectivity index (χ1n) is 6.98. The Morgan fingerprint density at radius 1 is 1.26 bits per heavy atom. The van der Waals surface area contributed by atoms with Gasteiger partial charge in [-0.15, -0.1) is 0 Å². The van der Waals surface area contributed by atoms with Gasteiger partial charge in [0.2, 0.25) is 0 Å². The number of aryl methyl sites for hydroxylation is 1. The maximum absolute atomic E-state index is 9.69. The Bertz CT molecular complexity index is 588. The summed E-state index contributed by atoms with van der Waals surface area (Å²) in [5.41, 5.74) is 1.97. The van der Waals surface area contributed by atoms with Crippen LogP contribution in [0, 0.1) is 6.92 Å². The monoisotopic (exact) mass is 256 g/mol. The number of pyridine rings is 1. The molecule has 19 heavy (non-hydrogen) atoms. The fraction of sp³-hybridized carbons (Fsp3) is 0.438. The quantitative estimate of drug-likeness (QED) is 0.886. The van der Waals surface area contributed by atoms with Crippen molar-refractivity contribution in [2.45, 2.75) is 38.1 Å². The molecule has 1 heterocycles. The highest BCUT2D eigenvalue weighted by Crippen LogP contribution is 2.33. The van der Waals surface area contributed by atoms with E-state index < -0.39 is 0 Å². The number of hydrogen-bond acceptors (Lipinski definition) is 3. The van der Waals surface area contributed by atoms with E-state index in [0.717, 1.165) is 35.1 Å². The molecule has 1 saturated carbocycles. The van der Waals surface area contributed by atoms with Crippen molar-refractivity contribution in [3.8, 4) is 0 Å². The van der Waals surface area contributed by atoms with Gasteiger partial charge in [0.1, 0.15) is 5.82 Å². The molecular weight excluding hydrogens is 236 g/mol. The number of aromatic nitrogens is 1. The minimum Gasteiger partial charge on any atom is -0.394 e. The summed E-state index contributed by atoms with van der Waals surface area (Å²) < 4.78 is 0. The zero-order chi connectivity index (χ0) is 13.3. The lowest BCUT2D eigenvalue weighted by atomic mass is 9.98. The summed E-state index contributed by atoms with van der Waals surface area (Å²) in [5, 5.41) is 14.4. The number of fused-ring (bicyclic) bond motifs is 1. The molecule has 1 aliphatic rings. The van der Waals surface area contributed by atoms with Crippen molar-refractivity contribution >= 4 is 16.7 Å². The first-order chi connectivity index (χ1) is 9.22. The highest BCUT2D eigenvalue weighted by Gasteiger charge is 2.33. The summed E-state index contributed by atoms with van der Waals surface area (Å²) >= 11 is 0. The maximum Gasteiger partial charge on any atom is 0.130 e. The van der Waals surface area contributed by atoms with Crippen molar-refractivity contribution in [2.75, 3.05) is 11.9 Å². The number of hydrogen-bond donors (Lipinski definition) is 2. The third kappa shape index (κ3) is 2.30. The molecule has 2 aromatic rings. The smallest absolute Gasteiger partial charge is 0.130 e. The lowest BCUT2D eigenvalue weighted by Crippen LogP contribution is -2.39. The van der Waals surface area contributed by atoms with Crippen molar-refractivity contribution in [1.82, 2.24) is 4.98 Å². The average molecular weight is 256 g/mol. The van der Waals surface area contributed by atoms with E-state index >= 15 is 0 Å². The highest BCUT2D eigenvalue weighted by molar-refractivity contribution is 5.81. The fourth-order valence-corrected chi connectivity index (χ4v) is 2.97. The molecule has 0 aliphatic heterocycles. The largest absolute Gasteiger partial charge is 0.394 e. The Kier molecular flexibility index (Phi) is 3.15. The van der Waals surface area contributed by atoms with Gasteiger partial charge in [-0.1, -0.05) is 31.0 Å². The molecular formula is C16H20N2O. The van der Waals surface area contributed by atoms with Crippen LogP contribution in [0.15, 0.2) is 30.3 Å². The Morgan fingerprint density at radius 2 is 2.00 bits per heavy atom. The normalized spacial score (nSPS) is 17.8. The summed E-state index contributed by atoms with van der Waals surface area (Å²) in [7, 11) is 0. The van der Waals surface area contributed by atoms with E-state index in [2.05, 4.69) is 24.4 Å². The zero-order valence-electron chi connectivity index (χ0n) is 11.3. The number of anilines is 1. The number of benzene rings is 1. The standard InChI is InChI=1S/C16H20N2O/c1-12-10-13-6-2-3-7-14(13)17-15(12)18-16(11-19)8-4-5-9-16/h2-3,6-7,10,19H,4-5,8-9,11H2,1H3,(H,17,18). The molecule has 0 amide bonds. The molecule has 1 aromatic heterocycles. The fourth-order valence-electron chi connectivity index (χ4n) is 2.97. The Labute approximate surface area is 113 Å². The van der Waals surface area contributed by atoms with Crippen LogP contribution in [0.2, 0.25) is 0 Å². The minimum absolute atomic E-state index is 0.166. The number of aliphatic hydroxyl groups excluding tert-OH is 1. The third-order valence-electron chi connectivity index (χ3n) is 4.16. The van der Waals surface area contributed by atoms with Crippen molar-refractivity contribution in [3.05, 3.63) is 35.9 Å². The first-order valence-corrected chi connectivity index (χ1v) is 6.98. The van der Waals surface area contributed by atoms with Crippen LogP contribution in [0.4, 0.5) is 5.82 Å². The molecule has 0 spiro atoms. The summed E-state index contributed by atoms with van der Waals surface area (Å²) in [6.45, 7) is 2.25. The van der Waals surface area contributed by atoms with Crippen molar-refractivity contribution in [3.63, 3.8) is 0 Å². The summed E-state index contributed by atoms with van der Waals surface area (Å²) in [5.74, 6) is 0.912. The maximum atomic E-state index is 9.69. The Hall–Kier alpha value is -1.61. The lowest BCUT2D eigenvalue weighted by molar-refractivity contribution is 0.214. The number of nitrogens with one attached hydrogen (secondary N) is 1. The van der Waals surface area contributed by atoms with E-state index in [1.54, 1.807) is 0 Å². The van der Waals surface area contributed by atoms with E-state index in [9.17, 15) is 5.11 Å². The summed E-state index contributed by atoms with van der Waals surface area (Å²) in [6.07, 6.45) is 4.41. The molecule has 0 unspecified atom stereocenters. The van der Waals surface area contributed by atoms with Crippen LogP contribution in [0.5, 0.6) is 0 Å². The van der Waals surface area contributed by atoms with Crippen molar-refractivity contribution in [1.29, 1.82) is 0 Å². The van der Waals surface area contributed by atoms with Crippen LogP contribution in [0.1, 0.15) is 31.2 Å². The van der Waals surface area contributed by atoms with Gasteiger partial charge in [0.15, 0.2) is 0 Å². The molecule has 1 fully saturated rings. The predicted octanol–water partition coefficient (Wildman–Crippen LogP) is 3.26. The molecule has 3 nitrogen and oxygen atoms in total. The van der Waals surface area contributed by atoms with Gasteiger partial charge in [0, 0.05) is 5.39 Å². The van der Waals surface area contributed by atoms with E-state index in [0.29, 0.717) is 0 Å². The molecule has 3 heteroatoms. The lowest BCUT2D eigenvalue weighted by Gasteiger charge is -2.29. The van der Waals surface area contributed by atoms with E-state index in [1.807, 2.05) is 18.2 Å². The van der Waals surface area contributed by atoms with Gasteiger partial charge in [-0.05, 0) is 37.5 Å². The van der Waals surface area contributed by atoms with Gasteiger partial charge in [-0.3, -0.25) is 0 Å². The third-order valence-corrected chi connectivity index (χ3v) is 4.16. The van der Waals surface area contributed by atoms with Gasteiger partial charge >= 0.3 is 0 Å². The van der Waals surface area contributed by atoms with Crippen LogP contribution in [-0.2, 0) is 0 Å².